The molecule has 112 valence electrons. The Morgan fingerprint density at radius 3 is 2.38 bits per heavy atom. The van der Waals surface area contributed by atoms with Crippen LogP contribution < -0.4 is 5.73 Å². The number of hydrogen-bond acceptors (Lipinski definition) is 2. The highest BCUT2D eigenvalue weighted by Crippen LogP contribution is 2.37. The number of amidine groups is 1. The number of thioether (sulfide) groups is 1. The highest BCUT2D eigenvalue weighted by atomic mass is 35.5. The van der Waals surface area contributed by atoms with Crippen molar-refractivity contribution in [3.05, 3.63) is 69.7 Å². The van der Waals surface area contributed by atoms with Gasteiger partial charge in [-0.3, -0.25) is 5.41 Å². The largest absolute Gasteiger partial charge is 0.379 e. The molecule has 1 unspecified atom stereocenters. The lowest BCUT2D eigenvalue weighted by Gasteiger charge is -2.18. The smallest absolute Gasteiger partial charge is 0.151 e. The van der Waals surface area contributed by atoms with Crippen LogP contribution in [0.5, 0.6) is 0 Å². The molecule has 0 bridgehead atoms. The quantitative estimate of drug-likeness (QED) is 0.571. The molecule has 0 fully saturated rings. The molecule has 0 radical (unpaired) electrons. The minimum atomic E-state index is -0.000309. The highest BCUT2D eigenvalue weighted by molar-refractivity contribution is 8.13. The van der Waals surface area contributed by atoms with E-state index >= 15 is 0 Å². The molecule has 2 rings (SSSR count). The van der Waals surface area contributed by atoms with Crippen molar-refractivity contribution in [1.82, 2.24) is 0 Å². The molecule has 0 saturated carbocycles. The fourth-order valence-corrected chi connectivity index (χ4v) is 3.48. The molecular weight excluding hydrogens is 347 g/mol. The molecule has 0 aliphatic carbocycles. The Bertz CT molecular complexity index is 605. The zero-order valence-electron chi connectivity index (χ0n) is 11.1. The average molecular weight is 362 g/mol. The van der Waals surface area contributed by atoms with Gasteiger partial charge in [-0.15, -0.1) is 12.4 Å². The molecule has 6 heteroatoms. The van der Waals surface area contributed by atoms with Gasteiger partial charge in [-0.1, -0.05) is 71.4 Å². The molecule has 1 atom stereocenters. The van der Waals surface area contributed by atoms with Crippen molar-refractivity contribution < 1.29 is 0 Å². The van der Waals surface area contributed by atoms with Gasteiger partial charge < -0.3 is 5.73 Å². The van der Waals surface area contributed by atoms with E-state index in [-0.39, 0.29) is 22.8 Å². The number of nitrogens with two attached hydrogens (primary N) is 1. The van der Waals surface area contributed by atoms with Crippen LogP contribution in [-0.2, 0) is 6.42 Å². The van der Waals surface area contributed by atoms with E-state index in [4.69, 9.17) is 34.3 Å². The van der Waals surface area contributed by atoms with Crippen LogP contribution in [0.25, 0.3) is 0 Å². The third kappa shape index (κ3) is 5.44. The zero-order chi connectivity index (χ0) is 14.5. The van der Waals surface area contributed by atoms with Crippen LogP contribution in [-0.4, -0.2) is 5.17 Å². The van der Waals surface area contributed by atoms with Crippen LogP contribution in [0.15, 0.2) is 48.5 Å². The Kier molecular flexibility index (Phi) is 7.40. The van der Waals surface area contributed by atoms with E-state index in [2.05, 4.69) is 12.1 Å². The lowest BCUT2D eigenvalue weighted by molar-refractivity contribution is 0.937. The molecule has 0 saturated heterocycles. The van der Waals surface area contributed by atoms with E-state index in [0.29, 0.717) is 10.0 Å². The molecule has 0 amide bonds. The van der Waals surface area contributed by atoms with Crippen molar-refractivity contribution >= 4 is 52.5 Å². The van der Waals surface area contributed by atoms with Gasteiger partial charge in [0.05, 0.1) is 0 Å². The molecule has 3 N–H and O–H groups in total. The van der Waals surface area contributed by atoms with Crippen LogP contribution in [0.1, 0.15) is 16.4 Å². The molecule has 2 nitrogen and oxygen atoms in total. The number of nitrogens with one attached hydrogen (secondary N) is 1. The summed E-state index contributed by atoms with van der Waals surface area (Å²) in [6.07, 6.45) is 0.756. The summed E-state index contributed by atoms with van der Waals surface area (Å²) in [5, 5.41) is 8.81. The van der Waals surface area contributed by atoms with Gasteiger partial charge in [-0.05, 0) is 29.7 Å². The lowest BCUT2D eigenvalue weighted by Crippen LogP contribution is -2.10. The molecule has 2 aromatic carbocycles. The Hall–Kier alpha value is -0.870. The summed E-state index contributed by atoms with van der Waals surface area (Å²) < 4.78 is 0. The Labute approximate surface area is 144 Å². The van der Waals surface area contributed by atoms with E-state index in [9.17, 15) is 0 Å². The third-order valence-corrected chi connectivity index (χ3v) is 4.36. The van der Waals surface area contributed by atoms with E-state index in [1.807, 2.05) is 30.3 Å². The van der Waals surface area contributed by atoms with Gasteiger partial charge in [-0.25, -0.2) is 0 Å². The molecule has 0 aromatic heterocycles. The number of benzene rings is 2. The summed E-state index contributed by atoms with van der Waals surface area (Å²) in [4.78, 5) is 0. The summed E-state index contributed by atoms with van der Waals surface area (Å²) in [6, 6.07) is 15.5. The number of rotatable bonds is 4. The Balaban J connectivity index is 0.00000220. The first kappa shape index (κ1) is 18.2. The summed E-state index contributed by atoms with van der Waals surface area (Å²) in [7, 11) is 0. The fraction of sp³-hybridized carbons (Fsp3) is 0.133. The summed E-state index contributed by atoms with van der Waals surface area (Å²) in [5.74, 6) is 0. The van der Waals surface area contributed by atoms with Crippen LogP contribution in [0.4, 0.5) is 0 Å². The predicted octanol–water partition coefficient (Wildman–Crippen LogP) is 5.33. The van der Waals surface area contributed by atoms with Crippen molar-refractivity contribution in [2.24, 2.45) is 5.73 Å². The summed E-state index contributed by atoms with van der Waals surface area (Å²) >= 11 is 13.5. The van der Waals surface area contributed by atoms with Crippen LogP contribution in [0.2, 0.25) is 10.0 Å². The van der Waals surface area contributed by atoms with Gasteiger partial charge in [0.25, 0.3) is 0 Å². The maximum Gasteiger partial charge on any atom is 0.151 e. The minimum absolute atomic E-state index is 0. The minimum Gasteiger partial charge on any atom is -0.379 e. The van der Waals surface area contributed by atoms with Crippen molar-refractivity contribution in [1.29, 1.82) is 5.41 Å². The molecule has 0 aliphatic rings. The Morgan fingerprint density at radius 1 is 1.14 bits per heavy atom. The predicted molar refractivity (Wildman–Crippen MR) is 96.1 cm³/mol. The van der Waals surface area contributed by atoms with Gasteiger partial charge in [0, 0.05) is 15.3 Å². The van der Waals surface area contributed by atoms with Crippen LogP contribution >= 0.6 is 47.4 Å². The van der Waals surface area contributed by atoms with Crippen molar-refractivity contribution in [2.75, 3.05) is 0 Å². The van der Waals surface area contributed by atoms with Gasteiger partial charge in [0.2, 0.25) is 0 Å². The first-order chi connectivity index (χ1) is 9.56. The monoisotopic (exact) mass is 360 g/mol. The van der Waals surface area contributed by atoms with Crippen molar-refractivity contribution in [2.45, 2.75) is 11.7 Å². The lowest BCUT2D eigenvalue weighted by atomic mass is 10.0. The van der Waals surface area contributed by atoms with Crippen LogP contribution in [0.3, 0.4) is 0 Å². The second-order valence-corrected chi connectivity index (χ2v) is 6.41. The fourth-order valence-electron chi connectivity index (χ4n) is 1.96. The second kappa shape index (κ2) is 8.54. The SMILES string of the molecule is Cl.N=C(N)SC(Cc1ccccc1)c1ccc(Cl)cc1Cl. The van der Waals surface area contributed by atoms with Gasteiger partial charge in [0.15, 0.2) is 5.17 Å². The molecule has 2 aromatic rings. The normalized spacial score (nSPS) is 11.5. The molecule has 0 heterocycles. The van der Waals surface area contributed by atoms with Gasteiger partial charge in [-0.2, -0.15) is 0 Å². The second-order valence-electron chi connectivity index (χ2n) is 4.33. The standard InChI is InChI=1S/C15H14Cl2N2S.ClH/c16-11-6-7-12(13(17)9-11)14(20-15(18)19)8-10-4-2-1-3-5-10;/h1-7,9,14H,8H2,(H3,18,19);1H. The molecule has 0 aliphatic heterocycles. The number of hydrogen-bond donors (Lipinski definition) is 2. The van der Waals surface area contributed by atoms with E-state index in [1.54, 1.807) is 6.07 Å². The maximum atomic E-state index is 7.52. The Morgan fingerprint density at radius 2 is 1.81 bits per heavy atom. The van der Waals surface area contributed by atoms with E-state index in [0.717, 1.165) is 12.0 Å². The zero-order valence-corrected chi connectivity index (χ0v) is 14.2. The highest BCUT2D eigenvalue weighted by Gasteiger charge is 2.17. The van der Waals surface area contributed by atoms with Crippen molar-refractivity contribution in [3.8, 4) is 0 Å². The number of halogens is 3. The van der Waals surface area contributed by atoms with Crippen LogP contribution in [0, 0.1) is 5.41 Å². The van der Waals surface area contributed by atoms with Gasteiger partial charge in [0.1, 0.15) is 0 Å². The molecule has 21 heavy (non-hydrogen) atoms. The maximum absolute atomic E-state index is 7.52. The van der Waals surface area contributed by atoms with E-state index < -0.39 is 0 Å². The van der Waals surface area contributed by atoms with Gasteiger partial charge >= 0.3 is 0 Å². The van der Waals surface area contributed by atoms with Crippen molar-refractivity contribution in [3.63, 3.8) is 0 Å². The topological polar surface area (TPSA) is 49.9 Å². The summed E-state index contributed by atoms with van der Waals surface area (Å²) in [6.45, 7) is 0. The summed E-state index contributed by atoms with van der Waals surface area (Å²) in [5.41, 5.74) is 7.66. The first-order valence-electron chi connectivity index (χ1n) is 6.06. The molecule has 0 spiro atoms. The first-order valence-corrected chi connectivity index (χ1v) is 7.69. The third-order valence-electron chi connectivity index (χ3n) is 2.84. The molecular formula is C15H15Cl3N2S. The van der Waals surface area contributed by atoms with E-state index in [1.165, 1.54) is 17.3 Å². The average Bonchev–Trinajstić information content (AvgIpc) is 2.38.